The number of anilines is 1. The van der Waals surface area contributed by atoms with Crippen LogP contribution >= 0.6 is 0 Å². The van der Waals surface area contributed by atoms with Gasteiger partial charge in [-0.15, -0.1) is 0 Å². The van der Waals surface area contributed by atoms with Gasteiger partial charge < -0.3 is 28.4 Å². The molecule has 2 aliphatic heterocycles. The van der Waals surface area contributed by atoms with Crippen LogP contribution in [0.3, 0.4) is 0 Å². The van der Waals surface area contributed by atoms with Crippen molar-refractivity contribution in [3.63, 3.8) is 0 Å². The molecule has 2 saturated heterocycles. The zero-order chi connectivity index (χ0) is 27.7. The van der Waals surface area contributed by atoms with Crippen molar-refractivity contribution in [2.75, 3.05) is 31.2 Å². The van der Waals surface area contributed by atoms with Crippen molar-refractivity contribution in [1.82, 2.24) is 0 Å². The Balaban J connectivity index is 1.78. The van der Waals surface area contributed by atoms with E-state index in [4.69, 9.17) is 33.7 Å². The lowest BCUT2D eigenvalue weighted by Gasteiger charge is -2.30. The van der Waals surface area contributed by atoms with E-state index in [-0.39, 0.29) is 30.4 Å². The molecular weight excluding hydrogens is 512 g/mol. The zero-order valence-electron chi connectivity index (χ0n) is 22.5. The summed E-state index contributed by atoms with van der Waals surface area (Å²) < 4.78 is 64.9. The maximum Gasteiger partial charge on any atom is 0.268 e. The highest BCUT2D eigenvalue weighted by atomic mass is 32.2. The van der Waals surface area contributed by atoms with Crippen molar-refractivity contribution in [2.24, 2.45) is 0 Å². The number of aryl methyl sites for hydroxylation is 1. The molecule has 10 nitrogen and oxygen atoms in total. The maximum atomic E-state index is 14.2. The minimum absolute atomic E-state index is 0.000178. The van der Waals surface area contributed by atoms with Crippen molar-refractivity contribution < 1.29 is 36.8 Å². The second-order valence-electron chi connectivity index (χ2n) is 10.1. The highest BCUT2D eigenvalue weighted by Crippen LogP contribution is 2.39. The zero-order valence-corrected chi connectivity index (χ0v) is 23.3. The summed E-state index contributed by atoms with van der Waals surface area (Å²) in [6.07, 6.45) is -1.75. The molecule has 3 unspecified atom stereocenters. The fourth-order valence-electron chi connectivity index (χ4n) is 4.72. The van der Waals surface area contributed by atoms with Crippen LogP contribution in [-0.4, -0.2) is 65.2 Å². The number of rotatable bonds is 9. The van der Waals surface area contributed by atoms with E-state index in [0.29, 0.717) is 11.4 Å². The predicted molar refractivity (Wildman–Crippen MR) is 139 cm³/mol. The van der Waals surface area contributed by atoms with Crippen molar-refractivity contribution in [3.8, 4) is 17.6 Å². The Hall–Kier alpha value is -2.88. The number of nitrogens with zero attached hydrogens (tertiary/aromatic N) is 2. The van der Waals surface area contributed by atoms with E-state index >= 15 is 0 Å². The third-order valence-electron chi connectivity index (χ3n) is 6.23. The van der Waals surface area contributed by atoms with Crippen molar-refractivity contribution >= 4 is 15.7 Å². The monoisotopic (exact) mass is 546 g/mol. The smallest absolute Gasteiger partial charge is 0.268 e. The van der Waals surface area contributed by atoms with Crippen molar-refractivity contribution in [1.29, 1.82) is 5.26 Å². The quantitative estimate of drug-likeness (QED) is 0.463. The molecule has 0 spiro atoms. The first-order chi connectivity index (χ1) is 17.8. The van der Waals surface area contributed by atoms with Gasteiger partial charge in [0.2, 0.25) is 0 Å². The summed E-state index contributed by atoms with van der Waals surface area (Å²) in [7, 11) is -2.74. The van der Waals surface area contributed by atoms with Gasteiger partial charge >= 0.3 is 0 Å². The third-order valence-corrected chi connectivity index (χ3v) is 8.06. The standard InChI is InChI=1S/C27H34N2O8S/c1-18-13-19(15-20(14-18)33-12-11-28)29(38(30,31)24-10-8-7-9-21(24)32-6)16-22-25(37-27(4,5)35-22)23-17-34-26(2,3)36-23/h7-10,13-15,22-23,25H,12,16-17H2,1-6H3. The van der Waals surface area contributed by atoms with Gasteiger partial charge in [-0.25, -0.2) is 8.42 Å². The largest absolute Gasteiger partial charge is 0.495 e. The molecule has 2 aliphatic rings. The summed E-state index contributed by atoms with van der Waals surface area (Å²) in [5, 5.41) is 8.97. The molecule has 0 aromatic heterocycles. The number of benzene rings is 2. The fraction of sp³-hybridized carbons (Fsp3) is 0.519. The molecule has 0 amide bonds. The van der Waals surface area contributed by atoms with Gasteiger partial charge in [-0.2, -0.15) is 5.26 Å². The highest BCUT2D eigenvalue weighted by Gasteiger charge is 2.51. The summed E-state index contributed by atoms with van der Waals surface area (Å²) in [5.41, 5.74) is 1.10. The van der Waals surface area contributed by atoms with Gasteiger partial charge in [0.25, 0.3) is 10.0 Å². The Morgan fingerprint density at radius 3 is 2.47 bits per heavy atom. The van der Waals surface area contributed by atoms with Crippen LogP contribution in [0.4, 0.5) is 5.69 Å². The van der Waals surface area contributed by atoms with Gasteiger partial charge in [0.15, 0.2) is 18.2 Å². The van der Waals surface area contributed by atoms with Crippen LogP contribution in [0.15, 0.2) is 47.4 Å². The summed E-state index contributed by atoms with van der Waals surface area (Å²) in [5.74, 6) is -1.19. The van der Waals surface area contributed by atoms with Gasteiger partial charge in [-0.1, -0.05) is 12.1 Å². The van der Waals surface area contributed by atoms with Crippen LogP contribution in [0.25, 0.3) is 0 Å². The molecule has 11 heteroatoms. The van der Waals surface area contributed by atoms with Crippen LogP contribution in [0, 0.1) is 18.3 Å². The van der Waals surface area contributed by atoms with Crippen LogP contribution < -0.4 is 13.8 Å². The summed E-state index contributed by atoms with van der Waals surface area (Å²) in [4.78, 5) is -0.000178. The Labute approximate surface area is 224 Å². The summed E-state index contributed by atoms with van der Waals surface area (Å²) in [6, 6.07) is 13.4. The van der Waals surface area contributed by atoms with Crippen molar-refractivity contribution in [3.05, 3.63) is 48.0 Å². The minimum atomic E-state index is -4.17. The topological polar surface area (TPSA) is 117 Å². The number of ether oxygens (including phenoxy) is 6. The lowest BCUT2D eigenvalue weighted by atomic mass is 10.1. The first kappa shape index (κ1) is 28.1. The second-order valence-corrected chi connectivity index (χ2v) is 12.0. The summed E-state index contributed by atoms with van der Waals surface area (Å²) in [6.45, 7) is 9.03. The SMILES string of the molecule is COc1ccccc1S(=O)(=O)N(CC1OC(C)(C)OC1C1COC(C)(C)O1)c1cc(C)cc(OCC#N)c1. The molecule has 0 N–H and O–H groups in total. The van der Waals surface area contributed by atoms with E-state index in [0.717, 1.165) is 5.56 Å². The molecule has 0 aliphatic carbocycles. The van der Waals surface area contributed by atoms with Gasteiger partial charge in [0, 0.05) is 6.07 Å². The molecule has 206 valence electrons. The molecule has 2 aromatic carbocycles. The predicted octanol–water partition coefficient (Wildman–Crippen LogP) is 3.77. The number of sulfonamides is 1. The molecule has 4 rings (SSSR count). The molecule has 2 fully saturated rings. The number of hydrogen-bond donors (Lipinski definition) is 0. The van der Waals surface area contributed by atoms with E-state index < -0.39 is 39.9 Å². The number of nitriles is 1. The first-order valence-corrected chi connectivity index (χ1v) is 13.7. The van der Waals surface area contributed by atoms with Crippen LogP contribution in [-0.2, 0) is 29.0 Å². The number of methoxy groups -OCH3 is 1. The average molecular weight is 547 g/mol. The average Bonchev–Trinajstić information content (AvgIpc) is 3.37. The Bertz CT molecular complexity index is 1300. The van der Waals surface area contributed by atoms with E-state index in [2.05, 4.69) is 0 Å². The van der Waals surface area contributed by atoms with E-state index in [1.807, 2.05) is 26.8 Å². The molecule has 3 atom stereocenters. The number of hydrogen-bond acceptors (Lipinski definition) is 9. The van der Waals surface area contributed by atoms with Crippen LogP contribution in [0.5, 0.6) is 11.5 Å². The third kappa shape index (κ3) is 6.06. The highest BCUT2D eigenvalue weighted by molar-refractivity contribution is 7.93. The molecule has 0 radical (unpaired) electrons. The Morgan fingerprint density at radius 1 is 1.08 bits per heavy atom. The minimum Gasteiger partial charge on any atom is -0.495 e. The summed E-state index contributed by atoms with van der Waals surface area (Å²) >= 11 is 0. The molecule has 0 bridgehead atoms. The Kier molecular flexibility index (Phi) is 7.93. The van der Waals surface area contributed by atoms with Gasteiger partial charge in [0.05, 0.1) is 25.9 Å². The first-order valence-electron chi connectivity index (χ1n) is 12.3. The fourth-order valence-corrected chi connectivity index (χ4v) is 6.34. The van der Waals surface area contributed by atoms with Gasteiger partial charge in [0.1, 0.15) is 40.8 Å². The molecule has 38 heavy (non-hydrogen) atoms. The Morgan fingerprint density at radius 2 is 1.82 bits per heavy atom. The molecule has 2 aromatic rings. The van der Waals surface area contributed by atoms with Crippen molar-refractivity contribution in [2.45, 2.75) is 69.4 Å². The number of para-hydroxylation sites is 1. The van der Waals surface area contributed by atoms with Gasteiger partial charge in [-0.3, -0.25) is 4.31 Å². The molecular formula is C27H34N2O8S. The lowest BCUT2D eigenvalue weighted by Crippen LogP contribution is -2.46. The van der Waals surface area contributed by atoms with E-state index in [1.54, 1.807) is 50.2 Å². The van der Waals surface area contributed by atoms with Crippen LogP contribution in [0.2, 0.25) is 0 Å². The van der Waals surface area contributed by atoms with E-state index in [1.165, 1.54) is 17.5 Å². The van der Waals surface area contributed by atoms with Gasteiger partial charge in [-0.05, 0) is 64.4 Å². The lowest BCUT2D eigenvalue weighted by molar-refractivity contribution is -0.174. The maximum absolute atomic E-state index is 14.2. The second kappa shape index (κ2) is 10.7. The molecule has 2 heterocycles. The van der Waals surface area contributed by atoms with Crippen LogP contribution in [0.1, 0.15) is 33.3 Å². The van der Waals surface area contributed by atoms with E-state index in [9.17, 15) is 8.42 Å². The normalized spacial score (nSPS) is 24.1. The molecule has 0 saturated carbocycles.